The van der Waals surface area contributed by atoms with Crippen molar-refractivity contribution in [3.05, 3.63) is 77.0 Å². The summed E-state index contributed by atoms with van der Waals surface area (Å²) in [5.74, 6) is -0.235. The van der Waals surface area contributed by atoms with Crippen molar-refractivity contribution in [3.8, 4) is 11.9 Å². The maximum atomic E-state index is 13.2. The van der Waals surface area contributed by atoms with E-state index in [0.717, 1.165) is 33.3 Å². The predicted molar refractivity (Wildman–Crippen MR) is 133 cm³/mol. The average molecular weight is 465 g/mol. The molecular formula is C27H24N6O2. The summed E-state index contributed by atoms with van der Waals surface area (Å²) in [6, 6.07) is 17.6. The highest BCUT2D eigenvalue weighted by atomic mass is 16.2. The minimum Gasteiger partial charge on any atom is -0.312 e. The zero-order valence-electron chi connectivity index (χ0n) is 19.7. The van der Waals surface area contributed by atoms with Gasteiger partial charge in [-0.05, 0) is 50.1 Å². The molecule has 4 aromatic rings. The van der Waals surface area contributed by atoms with Crippen molar-refractivity contribution in [2.45, 2.75) is 27.2 Å². The number of hydrogen-bond donors (Lipinski definition) is 1. The van der Waals surface area contributed by atoms with Gasteiger partial charge in [-0.2, -0.15) is 15.0 Å². The number of pyridine rings is 1. The van der Waals surface area contributed by atoms with Crippen LogP contribution >= 0.6 is 0 Å². The lowest BCUT2D eigenvalue weighted by molar-refractivity contribution is -0.122. The molecule has 3 heterocycles. The van der Waals surface area contributed by atoms with Crippen LogP contribution in [0.3, 0.4) is 0 Å². The second-order valence-corrected chi connectivity index (χ2v) is 8.93. The van der Waals surface area contributed by atoms with Crippen LogP contribution in [0.2, 0.25) is 0 Å². The number of aromatic nitrogens is 3. The van der Waals surface area contributed by atoms with Gasteiger partial charge < -0.3 is 10.2 Å². The highest BCUT2D eigenvalue weighted by molar-refractivity contribution is 6.03. The van der Waals surface area contributed by atoms with Crippen LogP contribution in [-0.2, 0) is 9.59 Å². The lowest BCUT2D eigenvalue weighted by atomic mass is 10.1. The van der Waals surface area contributed by atoms with Crippen LogP contribution in [-0.4, -0.2) is 33.1 Å². The fourth-order valence-electron chi connectivity index (χ4n) is 4.45. The first-order chi connectivity index (χ1) is 16.9. The number of para-hydroxylation sites is 1. The standard InChI is InChI=1S/C27H24N6O2/c1-16-7-9-21(10-8-16)32-15-19(12-24(32)34)27(35)31-26-20(13-28)14-29-33(26)23-11-18(3)22-6-4-5-17(2)25(22)30-23/h4-11,14,19H,12,15H2,1-3H3,(H,31,35). The molecule has 0 saturated carbocycles. The maximum Gasteiger partial charge on any atom is 0.231 e. The van der Waals surface area contributed by atoms with E-state index in [4.69, 9.17) is 4.98 Å². The van der Waals surface area contributed by atoms with Crippen LogP contribution in [0.4, 0.5) is 11.5 Å². The van der Waals surface area contributed by atoms with Gasteiger partial charge in [-0.3, -0.25) is 9.59 Å². The second kappa shape index (κ2) is 8.69. The van der Waals surface area contributed by atoms with Gasteiger partial charge in [-0.25, -0.2) is 4.98 Å². The highest BCUT2D eigenvalue weighted by Gasteiger charge is 2.36. The molecule has 2 amide bonds. The van der Waals surface area contributed by atoms with E-state index in [9.17, 15) is 14.9 Å². The first kappa shape index (κ1) is 22.3. The topological polar surface area (TPSA) is 104 Å². The number of nitrogens with zero attached hydrogens (tertiary/aromatic N) is 5. The largest absolute Gasteiger partial charge is 0.312 e. The number of carbonyl (C=O) groups is 2. The third-order valence-corrected chi connectivity index (χ3v) is 6.42. The van der Waals surface area contributed by atoms with Crippen molar-refractivity contribution in [2.75, 3.05) is 16.8 Å². The van der Waals surface area contributed by atoms with Gasteiger partial charge in [0.15, 0.2) is 11.6 Å². The van der Waals surface area contributed by atoms with Crippen molar-refractivity contribution in [2.24, 2.45) is 5.92 Å². The molecule has 0 bridgehead atoms. The fourth-order valence-corrected chi connectivity index (χ4v) is 4.45. The number of nitriles is 1. The Morgan fingerprint density at radius 3 is 2.63 bits per heavy atom. The molecule has 1 saturated heterocycles. The molecule has 2 aromatic carbocycles. The molecule has 8 heteroatoms. The summed E-state index contributed by atoms with van der Waals surface area (Å²) in [4.78, 5) is 32.3. The van der Waals surface area contributed by atoms with Crippen molar-refractivity contribution < 1.29 is 9.59 Å². The van der Waals surface area contributed by atoms with Gasteiger partial charge in [0.05, 0.1) is 17.6 Å². The minimum absolute atomic E-state index is 0.0995. The van der Waals surface area contributed by atoms with E-state index in [1.807, 2.05) is 69.3 Å². The Morgan fingerprint density at radius 2 is 1.89 bits per heavy atom. The molecule has 1 fully saturated rings. The number of amides is 2. The highest BCUT2D eigenvalue weighted by Crippen LogP contribution is 2.28. The smallest absolute Gasteiger partial charge is 0.231 e. The van der Waals surface area contributed by atoms with Crippen LogP contribution < -0.4 is 10.2 Å². The number of carbonyl (C=O) groups excluding carboxylic acids is 2. The van der Waals surface area contributed by atoms with Gasteiger partial charge in [0.25, 0.3) is 0 Å². The predicted octanol–water partition coefficient (Wildman–Crippen LogP) is 4.21. The van der Waals surface area contributed by atoms with Gasteiger partial charge in [0, 0.05) is 24.0 Å². The second-order valence-electron chi connectivity index (χ2n) is 8.93. The lowest BCUT2D eigenvalue weighted by Crippen LogP contribution is -2.29. The van der Waals surface area contributed by atoms with Crippen LogP contribution in [0, 0.1) is 38.0 Å². The quantitative estimate of drug-likeness (QED) is 0.487. The summed E-state index contributed by atoms with van der Waals surface area (Å²) in [5.41, 5.74) is 4.96. The molecule has 174 valence electrons. The molecule has 5 rings (SSSR count). The Kier molecular flexibility index (Phi) is 5.53. The van der Waals surface area contributed by atoms with Crippen molar-refractivity contribution in [1.82, 2.24) is 14.8 Å². The van der Waals surface area contributed by atoms with E-state index in [1.54, 1.807) is 4.90 Å². The zero-order chi connectivity index (χ0) is 24.7. The summed E-state index contributed by atoms with van der Waals surface area (Å²) in [6.45, 7) is 6.23. The molecule has 1 unspecified atom stereocenters. The van der Waals surface area contributed by atoms with Crippen LogP contribution in [0.25, 0.3) is 16.7 Å². The van der Waals surface area contributed by atoms with Crippen LogP contribution in [0.1, 0.15) is 28.7 Å². The summed E-state index contributed by atoms with van der Waals surface area (Å²) in [5, 5.41) is 17.9. The fraction of sp³-hybridized carbons (Fsp3) is 0.222. The third-order valence-electron chi connectivity index (χ3n) is 6.42. The van der Waals surface area contributed by atoms with E-state index in [2.05, 4.69) is 16.5 Å². The molecule has 1 aliphatic rings. The number of aryl methyl sites for hydroxylation is 3. The maximum absolute atomic E-state index is 13.2. The molecule has 1 N–H and O–H groups in total. The van der Waals surface area contributed by atoms with E-state index in [-0.39, 0.29) is 36.2 Å². The van der Waals surface area contributed by atoms with Gasteiger partial charge in [-0.15, -0.1) is 0 Å². The van der Waals surface area contributed by atoms with Crippen LogP contribution in [0.15, 0.2) is 54.7 Å². The number of rotatable bonds is 4. The SMILES string of the molecule is Cc1ccc(N2CC(C(=O)Nc3c(C#N)cnn3-c3cc(C)c4cccc(C)c4n3)CC2=O)cc1. The molecule has 0 aliphatic carbocycles. The number of fused-ring (bicyclic) bond motifs is 1. The first-order valence-electron chi connectivity index (χ1n) is 11.4. The molecule has 0 spiro atoms. The number of nitrogens with one attached hydrogen (secondary N) is 1. The summed E-state index contributed by atoms with van der Waals surface area (Å²) in [7, 11) is 0. The first-order valence-corrected chi connectivity index (χ1v) is 11.4. The number of anilines is 2. The normalized spacial score (nSPS) is 15.4. The molecule has 1 aliphatic heterocycles. The van der Waals surface area contributed by atoms with E-state index in [1.165, 1.54) is 10.9 Å². The van der Waals surface area contributed by atoms with Crippen LogP contribution in [0.5, 0.6) is 0 Å². The Labute approximate surface area is 202 Å². The molecule has 1 atom stereocenters. The Morgan fingerprint density at radius 1 is 1.11 bits per heavy atom. The monoisotopic (exact) mass is 464 g/mol. The minimum atomic E-state index is -0.549. The number of benzene rings is 2. The van der Waals surface area contributed by atoms with E-state index in [0.29, 0.717) is 5.82 Å². The zero-order valence-corrected chi connectivity index (χ0v) is 19.7. The van der Waals surface area contributed by atoms with Gasteiger partial charge in [-0.1, -0.05) is 35.9 Å². The molecule has 8 nitrogen and oxygen atoms in total. The molecule has 2 aromatic heterocycles. The van der Waals surface area contributed by atoms with E-state index >= 15 is 0 Å². The Hall–Kier alpha value is -4.51. The Balaban J connectivity index is 1.45. The van der Waals surface area contributed by atoms with E-state index < -0.39 is 5.92 Å². The third kappa shape index (κ3) is 4.02. The summed E-state index contributed by atoms with van der Waals surface area (Å²) in [6.07, 6.45) is 1.51. The summed E-state index contributed by atoms with van der Waals surface area (Å²) >= 11 is 0. The summed E-state index contributed by atoms with van der Waals surface area (Å²) < 4.78 is 1.48. The van der Waals surface area contributed by atoms with Crippen molar-refractivity contribution in [3.63, 3.8) is 0 Å². The van der Waals surface area contributed by atoms with Gasteiger partial charge in [0.2, 0.25) is 11.8 Å². The number of hydrogen-bond acceptors (Lipinski definition) is 5. The van der Waals surface area contributed by atoms with Gasteiger partial charge >= 0.3 is 0 Å². The molecule has 35 heavy (non-hydrogen) atoms. The average Bonchev–Trinajstić information content (AvgIpc) is 3.43. The van der Waals surface area contributed by atoms with Crippen molar-refractivity contribution in [1.29, 1.82) is 5.26 Å². The van der Waals surface area contributed by atoms with Gasteiger partial charge in [0.1, 0.15) is 11.6 Å². The lowest BCUT2D eigenvalue weighted by Gasteiger charge is -2.17. The Bertz CT molecular complexity index is 1510. The molecular weight excluding hydrogens is 440 g/mol. The molecule has 0 radical (unpaired) electrons. The van der Waals surface area contributed by atoms with Crippen molar-refractivity contribution >= 4 is 34.2 Å².